The number of sulfonamides is 1. The number of nitrogens with zero attached hydrogens (tertiary/aromatic N) is 1. The first-order valence-electron chi connectivity index (χ1n) is 8.54. The molecule has 134 valence electrons. The SMILES string of the molecule is Cc1ccc(S(=O)(=O)N2CC(Cc3ccccc3)OCC2(C)C)cc1. The molecule has 1 unspecified atom stereocenters. The van der Waals surface area contributed by atoms with E-state index in [1.165, 1.54) is 0 Å². The van der Waals surface area contributed by atoms with Crippen LogP contribution in [-0.4, -0.2) is 37.5 Å². The Bertz CT molecular complexity index is 814. The van der Waals surface area contributed by atoms with E-state index in [0.29, 0.717) is 24.5 Å². The van der Waals surface area contributed by atoms with E-state index in [4.69, 9.17) is 4.74 Å². The molecule has 4 nitrogen and oxygen atoms in total. The van der Waals surface area contributed by atoms with E-state index in [1.807, 2.05) is 63.2 Å². The molecule has 2 aromatic carbocycles. The van der Waals surface area contributed by atoms with Gasteiger partial charge in [-0.15, -0.1) is 0 Å². The van der Waals surface area contributed by atoms with Crippen LogP contribution >= 0.6 is 0 Å². The summed E-state index contributed by atoms with van der Waals surface area (Å²) in [5.41, 5.74) is 1.62. The predicted molar refractivity (Wildman–Crippen MR) is 99.0 cm³/mol. The standard InChI is InChI=1S/C20H25NO3S/c1-16-9-11-19(12-10-16)25(22,23)21-14-18(24-15-20(21,2)3)13-17-7-5-4-6-8-17/h4-12,18H,13-15H2,1-3H3. The zero-order valence-electron chi connectivity index (χ0n) is 15.0. The van der Waals surface area contributed by atoms with Gasteiger partial charge in [0.15, 0.2) is 0 Å². The highest BCUT2D eigenvalue weighted by atomic mass is 32.2. The zero-order chi connectivity index (χ0) is 18.1. The minimum atomic E-state index is -3.56. The van der Waals surface area contributed by atoms with Gasteiger partial charge in [0.1, 0.15) is 0 Å². The van der Waals surface area contributed by atoms with Crippen molar-refractivity contribution in [1.82, 2.24) is 4.31 Å². The van der Waals surface area contributed by atoms with Crippen LogP contribution in [0.15, 0.2) is 59.5 Å². The van der Waals surface area contributed by atoms with Crippen molar-refractivity contribution in [1.29, 1.82) is 0 Å². The largest absolute Gasteiger partial charge is 0.375 e. The molecule has 25 heavy (non-hydrogen) atoms. The summed E-state index contributed by atoms with van der Waals surface area (Å²) < 4.78 is 33.9. The molecule has 0 N–H and O–H groups in total. The van der Waals surface area contributed by atoms with Gasteiger partial charge in [0.05, 0.1) is 23.1 Å². The monoisotopic (exact) mass is 359 g/mol. The fourth-order valence-electron chi connectivity index (χ4n) is 3.14. The molecule has 5 heteroatoms. The van der Waals surface area contributed by atoms with E-state index in [9.17, 15) is 8.42 Å². The summed E-state index contributed by atoms with van der Waals surface area (Å²) in [5.74, 6) is 0. The van der Waals surface area contributed by atoms with Gasteiger partial charge in [-0.1, -0.05) is 48.0 Å². The maximum Gasteiger partial charge on any atom is 0.243 e. The molecule has 0 radical (unpaired) electrons. The average molecular weight is 359 g/mol. The Labute approximate surface area is 150 Å². The summed E-state index contributed by atoms with van der Waals surface area (Å²) in [4.78, 5) is 0.339. The minimum Gasteiger partial charge on any atom is -0.375 e. The fourth-order valence-corrected chi connectivity index (χ4v) is 4.94. The average Bonchev–Trinajstić information content (AvgIpc) is 2.57. The van der Waals surface area contributed by atoms with Crippen molar-refractivity contribution >= 4 is 10.0 Å². The van der Waals surface area contributed by atoms with Gasteiger partial charge in [-0.05, 0) is 44.9 Å². The minimum absolute atomic E-state index is 0.143. The van der Waals surface area contributed by atoms with Gasteiger partial charge in [-0.25, -0.2) is 8.42 Å². The van der Waals surface area contributed by atoms with Crippen molar-refractivity contribution in [3.8, 4) is 0 Å². The van der Waals surface area contributed by atoms with Gasteiger partial charge in [-0.3, -0.25) is 0 Å². The first-order chi connectivity index (χ1) is 11.8. The maximum absolute atomic E-state index is 13.2. The Morgan fingerprint density at radius 1 is 1.08 bits per heavy atom. The van der Waals surface area contributed by atoms with Gasteiger partial charge in [-0.2, -0.15) is 4.31 Å². The van der Waals surface area contributed by atoms with E-state index in [1.54, 1.807) is 16.4 Å². The van der Waals surface area contributed by atoms with Crippen LogP contribution in [0.5, 0.6) is 0 Å². The number of hydrogen-bond donors (Lipinski definition) is 0. The van der Waals surface area contributed by atoms with E-state index in [-0.39, 0.29) is 6.10 Å². The van der Waals surface area contributed by atoms with Crippen molar-refractivity contribution in [2.45, 2.75) is 43.7 Å². The number of rotatable bonds is 4. The van der Waals surface area contributed by atoms with E-state index in [2.05, 4.69) is 0 Å². The second kappa shape index (κ2) is 6.90. The second-order valence-corrected chi connectivity index (χ2v) is 9.15. The van der Waals surface area contributed by atoms with Crippen molar-refractivity contribution in [2.24, 2.45) is 0 Å². The molecular weight excluding hydrogens is 334 g/mol. The van der Waals surface area contributed by atoms with Gasteiger partial charge in [0, 0.05) is 6.54 Å². The molecule has 1 heterocycles. The molecule has 2 aromatic rings. The molecule has 0 spiro atoms. The lowest BCUT2D eigenvalue weighted by Crippen LogP contribution is -2.58. The predicted octanol–water partition coefficient (Wildman–Crippen LogP) is 3.41. The normalized spacial score (nSPS) is 21.2. The quantitative estimate of drug-likeness (QED) is 0.840. The molecule has 1 fully saturated rings. The third-order valence-electron chi connectivity index (χ3n) is 4.63. The van der Waals surface area contributed by atoms with Gasteiger partial charge >= 0.3 is 0 Å². The molecule has 1 saturated heterocycles. The molecule has 0 saturated carbocycles. The highest BCUT2D eigenvalue weighted by Crippen LogP contribution is 2.30. The summed E-state index contributed by atoms with van der Waals surface area (Å²) in [5, 5.41) is 0. The molecular formula is C20H25NO3S. The third-order valence-corrected chi connectivity index (χ3v) is 6.72. The number of morpholine rings is 1. The van der Waals surface area contributed by atoms with Gasteiger partial charge in [0.25, 0.3) is 0 Å². The lowest BCUT2D eigenvalue weighted by molar-refractivity contribution is -0.0629. The molecule has 1 aliphatic heterocycles. The third kappa shape index (κ3) is 3.94. The van der Waals surface area contributed by atoms with Crippen LogP contribution in [-0.2, 0) is 21.2 Å². The zero-order valence-corrected chi connectivity index (χ0v) is 15.8. The highest BCUT2D eigenvalue weighted by molar-refractivity contribution is 7.89. The summed E-state index contributed by atoms with van der Waals surface area (Å²) in [7, 11) is -3.56. The Hall–Kier alpha value is -1.69. The number of aryl methyl sites for hydroxylation is 1. The molecule has 0 bridgehead atoms. The summed E-state index contributed by atoms with van der Waals surface area (Å²) in [6, 6.07) is 17.1. The van der Waals surface area contributed by atoms with Crippen LogP contribution in [0.4, 0.5) is 0 Å². The molecule has 1 aliphatic rings. The summed E-state index contributed by atoms with van der Waals surface area (Å²) >= 11 is 0. The highest BCUT2D eigenvalue weighted by Gasteiger charge is 2.42. The van der Waals surface area contributed by atoms with Crippen LogP contribution in [0, 0.1) is 6.92 Å². The lowest BCUT2D eigenvalue weighted by Gasteiger charge is -2.44. The Morgan fingerprint density at radius 2 is 1.72 bits per heavy atom. The molecule has 0 aromatic heterocycles. The smallest absolute Gasteiger partial charge is 0.243 e. The van der Waals surface area contributed by atoms with Crippen molar-refractivity contribution in [3.63, 3.8) is 0 Å². The molecule has 3 rings (SSSR count). The van der Waals surface area contributed by atoms with E-state index < -0.39 is 15.6 Å². The first-order valence-corrected chi connectivity index (χ1v) is 9.98. The van der Waals surface area contributed by atoms with Crippen molar-refractivity contribution in [3.05, 3.63) is 65.7 Å². The van der Waals surface area contributed by atoms with Crippen LogP contribution in [0.3, 0.4) is 0 Å². The topological polar surface area (TPSA) is 46.6 Å². The van der Waals surface area contributed by atoms with Crippen LogP contribution in [0.2, 0.25) is 0 Å². The molecule has 0 aliphatic carbocycles. The summed E-state index contributed by atoms with van der Waals surface area (Å²) in [6.07, 6.45) is 0.562. The van der Waals surface area contributed by atoms with Crippen molar-refractivity contribution in [2.75, 3.05) is 13.2 Å². The Kier molecular flexibility index (Phi) is 5.00. The van der Waals surface area contributed by atoms with Crippen LogP contribution < -0.4 is 0 Å². The number of hydrogen-bond acceptors (Lipinski definition) is 3. The Morgan fingerprint density at radius 3 is 2.36 bits per heavy atom. The van der Waals surface area contributed by atoms with Crippen molar-refractivity contribution < 1.29 is 13.2 Å². The number of benzene rings is 2. The summed E-state index contributed by atoms with van der Waals surface area (Å²) in [6.45, 7) is 6.52. The van der Waals surface area contributed by atoms with E-state index in [0.717, 1.165) is 11.1 Å². The van der Waals surface area contributed by atoms with Gasteiger partial charge < -0.3 is 4.74 Å². The lowest BCUT2D eigenvalue weighted by atomic mass is 10.0. The Balaban J connectivity index is 1.85. The molecule has 0 amide bonds. The van der Waals surface area contributed by atoms with Gasteiger partial charge in [0.2, 0.25) is 10.0 Å². The second-order valence-electron chi connectivity index (χ2n) is 7.28. The fraction of sp³-hybridized carbons (Fsp3) is 0.400. The van der Waals surface area contributed by atoms with E-state index >= 15 is 0 Å². The van der Waals surface area contributed by atoms with Crippen LogP contribution in [0.1, 0.15) is 25.0 Å². The number of ether oxygens (including phenoxy) is 1. The maximum atomic E-state index is 13.2. The molecule has 1 atom stereocenters. The first kappa shape index (κ1) is 18.1. The van der Waals surface area contributed by atoms with Crippen LogP contribution in [0.25, 0.3) is 0 Å².